The molecule has 3 heteroatoms. The molecule has 0 unspecified atom stereocenters. The normalized spacial score (nSPS) is 14.8. The third kappa shape index (κ3) is 4.57. The lowest BCUT2D eigenvalue weighted by atomic mass is 10.1. The molecule has 0 spiro atoms. The number of ether oxygens (including phenoxy) is 1. The van der Waals surface area contributed by atoms with Gasteiger partial charge in [0.05, 0.1) is 7.11 Å². The van der Waals surface area contributed by atoms with Gasteiger partial charge in [0, 0.05) is 23.7 Å². The first-order valence-corrected chi connectivity index (χ1v) is 7.93. The van der Waals surface area contributed by atoms with Crippen LogP contribution in [0.2, 0.25) is 0 Å². The molecule has 1 fully saturated rings. The zero-order valence-electron chi connectivity index (χ0n) is 13.7. The minimum atomic E-state index is 0.110. The molecule has 0 atom stereocenters. The Morgan fingerprint density at radius 2 is 2.10 bits per heavy atom. The highest BCUT2D eigenvalue weighted by Crippen LogP contribution is 2.31. The van der Waals surface area contributed by atoms with Crippen molar-refractivity contribution < 1.29 is 9.53 Å². The monoisotopic (exact) mass is 289 g/mol. The van der Waals surface area contributed by atoms with Crippen LogP contribution in [-0.4, -0.2) is 30.4 Å². The van der Waals surface area contributed by atoms with E-state index >= 15 is 0 Å². The molecular formula is C18H27NO2. The fourth-order valence-corrected chi connectivity index (χ4v) is 2.59. The summed E-state index contributed by atoms with van der Waals surface area (Å²) < 4.78 is 5.47. The summed E-state index contributed by atoms with van der Waals surface area (Å²) in [5, 5.41) is 0. The third-order valence-electron chi connectivity index (χ3n) is 4.12. The molecule has 2 rings (SSSR count). The van der Waals surface area contributed by atoms with E-state index in [1.807, 2.05) is 18.2 Å². The van der Waals surface area contributed by atoms with Crippen LogP contribution in [0.3, 0.4) is 0 Å². The number of methoxy groups -OCH3 is 1. The van der Waals surface area contributed by atoms with Crippen LogP contribution in [0, 0.1) is 5.92 Å². The molecule has 1 aliphatic carbocycles. The van der Waals surface area contributed by atoms with E-state index < -0.39 is 0 Å². The van der Waals surface area contributed by atoms with Crippen LogP contribution in [0.15, 0.2) is 18.2 Å². The number of benzene rings is 1. The van der Waals surface area contributed by atoms with E-state index in [0.29, 0.717) is 0 Å². The molecule has 3 nitrogen and oxygen atoms in total. The minimum absolute atomic E-state index is 0.110. The Bertz CT molecular complexity index is 492. The highest BCUT2D eigenvalue weighted by molar-refractivity contribution is 5.94. The summed E-state index contributed by atoms with van der Waals surface area (Å²) in [7, 11) is 1.70. The average molecular weight is 289 g/mol. The molecule has 1 saturated carbocycles. The van der Waals surface area contributed by atoms with Gasteiger partial charge in [0.2, 0.25) is 0 Å². The molecule has 0 radical (unpaired) electrons. The van der Waals surface area contributed by atoms with Crippen molar-refractivity contribution >= 4 is 5.78 Å². The number of rotatable bonds is 8. The molecule has 21 heavy (non-hydrogen) atoms. The molecule has 1 aliphatic rings. The lowest BCUT2D eigenvalue weighted by Crippen LogP contribution is -2.27. The summed E-state index contributed by atoms with van der Waals surface area (Å²) in [6, 6.07) is 6.47. The Labute approximate surface area is 128 Å². The van der Waals surface area contributed by atoms with Crippen molar-refractivity contribution in [2.75, 3.05) is 13.7 Å². The van der Waals surface area contributed by atoms with Gasteiger partial charge in [0.25, 0.3) is 0 Å². The zero-order chi connectivity index (χ0) is 15.4. The molecule has 1 aromatic carbocycles. The first-order valence-electron chi connectivity index (χ1n) is 7.93. The van der Waals surface area contributed by atoms with Crippen molar-refractivity contribution in [3.63, 3.8) is 0 Å². The van der Waals surface area contributed by atoms with Gasteiger partial charge < -0.3 is 4.74 Å². The van der Waals surface area contributed by atoms with Crippen LogP contribution in [-0.2, 0) is 6.54 Å². The quantitative estimate of drug-likeness (QED) is 0.680. The highest BCUT2D eigenvalue weighted by Gasteiger charge is 2.29. The summed E-state index contributed by atoms with van der Waals surface area (Å²) in [4.78, 5) is 14.1. The number of carbonyl (C=O) groups excluding carboxylic acids is 1. The molecule has 116 valence electrons. The van der Waals surface area contributed by atoms with E-state index in [2.05, 4.69) is 18.7 Å². The lowest BCUT2D eigenvalue weighted by Gasteiger charge is -2.24. The van der Waals surface area contributed by atoms with Gasteiger partial charge in [0.1, 0.15) is 5.75 Å². The van der Waals surface area contributed by atoms with Gasteiger partial charge in [-0.25, -0.2) is 0 Å². The van der Waals surface area contributed by atoms with Crippen molar-refractivity contribution in [1.82, 2.24) is 4.90 Å². The number of Topliss-reactive ketones (excluding diaryl/α,β-unsaturated/α-hetero) is 1. The largest absolute Gasteiger partial charge is 0.496 e. The van der Waals surface area contributed by atoms with Crippen molar-refractivity contribution in [3.8, 4) is 5.75 Å². The Balaban J connectivity index is 2.14. The average Bonchev–Trinajstić information content (AvgIpc) is 3.27. The summed E-state index contributed by atoms with van der Waals surface area (Å²) in [6.45, 7) is 8.14. The number of carbonyl (C=O) groups is 1. The van der Waals surface area contributed by atoms with E-state index in [9.17, 15) is 4.79 Å². The molecule has 0 saturated heterocycles. The van der Waals surface area contributed by atoms with E-state index in [1.54, 1.807) is 14.0 Å². The summed E-state index contributed by atoms with van der Waals surface area (Å²) in [5.74, 6) is 1.71. The van der Waals surface area contributed by atoms with Crippen molar-refractivity contribution in [2.24, 2.45) is 5.92 Å². The van der Waals surface area contributed by atoms with Crippen LogP contribution >= 0.6 is 0 Å². The smallest absolute Gasteiger partial charge is 0.159 e. The van der Waals surface area contributed by atoms with Crippen molar-refractivity contribution in [1.29, 1.82) is 0 Å². The standard InChI is InChI=1S/C18H27NO2/c1-13(2)9-10-19(17-6-7-17)12-16-11-15(14(3)20)5-8-18(16)21-4/h5,8,11,13,17H,6-7,9-10,12H2,1-4H3. The number of nitrogens with zero attached hydrogens (tertiary/aromatic N) is 1. The second-order valence-electron chi connectivity index (χ2n) is 6.47. The van der Waals surface area contributed by atoms with E-state index in [1.165, 1.54) is 19.3 Å². The first kappa shape index (κ1) is 16.0. The maximum atomic E-state index is 11.6. The van der Waals surface area contributed by atoms with Crippen LogP contribution in [0.5, 0.6) is 5.75 Å². The fourth-order valence-electron chi connectivity index (χ4n) is 2.59. The zero-order valence-corrected chi connectivity index (χ0v) is 13.7. The first-order chi connectivity index (χ1) is 10.0. The topological polar surface area (TPSA) is 29.5 Å². The molecule has 0 aliphatic heterocycles. The minimum Gasteiger partial charge on any atom is -0.496 e. The number of hydrogen-bond donors (Lipinski definition) is 0. The fraction of sp³-hybridized carbons (Fsp3) is 0.611. The summed E-state index contributed by atoms with van der Waals surface area (Å²) in [6.07, 6.45) is 3.81. The summed E-state index contributed by atoms with van der Waals surface area (Å²) >= 11 is 0. The van der Waals surface area contributed by atoms with Crippen LogP contribution in [0.25, 0.3) is 0 Å². The molecule has 0 N–H and O–H groups in total. The van der Waals surface area contributed by atoms with Crippen molar-refractivity contribution in [3.05, 3.63) is 29.3 Å². The molecule has 0 amide bonds. The van der Waals surface area contributed by atoms with Crippen molar-refractivity contribution in [2.45, 2.75) is 52.6 Å². The molecular weight excluding hydrogens is 262 g/mol. The van der Waals surface area contributed by atoms with Gasteiger partial charge in [0.15, 0.2) is 5.78 Å². The van der Waals surface area contributed by atoms with Crippen LogP contribution in [0.4, 0.5) is 0 Å². The predicted octanol–water partition coefficient (Wildman–Crippen LogP) is 3.91. The predicted molar refractivity (Wildman–Crippen MR) is 85.9 cm³/mol. The van der Waals surface area contributed by atoms with Crippen LogP contribution < -0.4 is 4.74 Å². The lowest BCUT2D eigenvalue weighted by molar-refractivity contribution is 0.101. The van der Waals surface area contributed by atoms with E-state index in [4.69, 9.17) is 4.74 Å². The molecule has 1 aromatic rings. The maximum Gasteiger partial charge on any atom is 0.159 e. The Kier molecular flexibility index (Phi) is 5.40. The maximum absolute atomic E-state index is 11.6. The van der Waals surface area contributed by atoms with Gasteiger partial charge in [-0.05, 0) is 56.8 Å². The number of hydrogen-bond acceptors (Lipinski definition) is 3. The second kappa shape index (κ2) is 7.08. The molecule has 0 heterocycles. The van der Waals surface area contributed by atoms with Gasteiger partial charge in [-0.15, -0.1) is 0 Å². The van der Waals surface area contributed by atoms with Gasteiger partial charge in [-0.3, -0.25) is 9.69 Å². The summed E-state index contributed by atoms with van der Waals surface area (Å²) in [5.41, 5.74) is 1.89. The molecule has 0 aromatic heterocycles. The second-order valence-corrected chi connectivity index (χ2v) is 6.47. The van der Waals surface area contributed by atoms with E-state index in [0.717, 1.165) is 41.9 Å². The van der Waals surface area contributed by atoms with E-state index in [-0.39, 0.29) is 5.78 Å². The van der Waals surface area contributed by atoms with Gasteiger partial charge >= 0.3 is 0 Å². The van der Waals surface area contributed by atoms with Gasteiger partial charge in [-0.2, -0.15) is 0 Å². The Morgan fingerprint density at radius 1 is 1.38 bits per heavy atom. The number of ketones is 1. The third-order valence-corrected chi connectivity index (χ3v) is 4.12. The molecule has 0 bridgehead atoms. The Hall–Kier alpha value is -1.35. The SMILES string of the molecule is COc1ccc(C(C)=O)cc1CN(CCC(C)C)C1CC1. The van der Waals surface area contributed by atoms with Crippen LogP contribution in [0.1, 0.15) is 56.0 Å². The Morgan fingerprint density at radius 3 is 2.62 bits per heavy atom. The van der Waals surface area contributed by atoms with Gasteiger partial charge in [-0.1, -0.05) is 13.8 Å². The highest BCUT2D eigenvalue weighted by atomic mass is 16.5.